The van der Waals surface area contributed by atoms with Gasteiger partial charge in [-0.1, -0.05) is 0 Å². The Balaban J connectivity index is 2.11. The molecule has 0 N–H and O–H groups in total. The van der Waals surface area contributed by atoms with E-state index in [1.165, 1.54) is 11.3 Å². The van der Waals surface area contributed by atoms with E-state index < -0.39 is 11.6 Å². The zero-order valence-electron chi connectivity index (χ0n) is 11.8. The Morgan fingerprint density at radius 3 is 2.70 bits per heavy atom. The fourth-order valence-electron chi connectivity index (χ4n) is 2.21. The fraction of sp³-hybridized carbons (Fsp3) is 0.571. The maximum absolute atomic E-state index is 12.4. The van der Waals surface area contributed by atoms with Gasteiger partial charge in [0, 0.05) is 11.9 Å². The lowest BCUT2D eigenvalue weighted by molar-refractivity contribution is -0.159. The zero-order chi connectivity index (χ0) is 14.9. The van der Waals surface area contributed by atoms with Crippen LogP contribution in [0.15, 0.2) is 15.2 Å². The average Bonchev–Trinajstić information content (AvgIpc) is 2.93. The summed E-state index contributed by atoms with van der Waals surface area (Å²) in [6.07, 6.45) is 1.51. The van der Waals surface area contributed by atoms with Crippen LogP contribution in [0.2, 0.25) is 0 Å². The second kappa shape index (κ2) is 5.85. The van der Waals surface area contributed by atoms with E-state index in [0.717, 1.165) is 10.2 Å². The number of esters is 1. The Morgan fingerprint density at radius 2 is 2.15 bits per heavy atom. The first-order valence-corrected chi connectivity index (χ1v) is 8.23. The number of thiophene rings is 1. The molecule has 1 aromatic rings. The molecule has 0 aromatic carbocycles. The maximum Gasteiger partial charge on any atom is 0.329 e. The summed E-state index contributed by atoms with van der Waals surface area (Å²) in [6, 6.07) is 1.33. The zero-order valence-corrected chi connectivity index (χ0v) is 14.2. The molecule has 1 amide bonds. The van der Waals surface area contributed by atoms with Crippen molar-refractivity contribution in [2.24, 2.45) is 0 Å². The van der Waals surface area contributed by atoms with Gasteiger partial charge in [-0.3, -0.25) is 4.79 Å². The first kappa shape index (κ1) is 15.5. The summed E-state index contributed by atoms with van der Waals surface area (Å²) in [5, 5.41) is 1.80. The van der Waals surface area contributed by atoms with E-state index in [9.17, 15) is 9.59 Å². The van der Waals surface area contributed by atoms with Gasteiger partial charge in [0.2, 0.25) is 0 Å². The molecule has 6 heteroatoms. The van der Waals surface area contributed by atoms with Gasteiger partial charge in [-0.2, -0.15) is 0 Å². The molecule has 2 heterocycles. The van der Waals surface area contributed by atoms with E-state index in [0.29, 0.717) is 18.5 Å². The second-order valence-electron chi connectivity index (χ2n) is 5.83. The minimum absolute atomic E-state index is 0.0969. The molecule has 1 atom stereocenters. The number of nitrogens with zero attached hydrogens (tertiary/aromatic N) is 1. The summed E-state index contributed by atoms with van der Waals surface area (Å²) in [6.45, 7) is 6.11. The van der Waals surface area contributed by atoms with Crippen molar-refractivity contribution in [1.82, 2.24) is 4.90 Å². The highest BCUT2D eigenvalue weighted by Crippen LogP contribution is 2.26. The lowest BCUT2D eigenvalue weighted by atomic mass is 10.1. The third-order valence-electron chi connectivity index (χ3n) is 3.01. The Bertz CT molecular complexity index is 521. The van der Waals surface area contributed by atoms with Crippen molar-refractivity contribution in [1.29, 1.82) is 0 Å². The monoisotopic (exact) mass is 359 g/mol. The number of hydrogen-bond acceptors (Lipinski definition) is 4. The van der Waals surface area contributed by atoms with Gasteiger partial charge in [-0.15, -0.1) is 11.3 Å². The molecule has 0 radical (unpaired) electrons. The summed E-state index contributed by atoms with van der Waals surface area (Å²) in [5.41, 5.74) is 0.0946. The van der Waals surface area contributed by atoms with Crippen molar-refractivity contribution in [2.75, 3.05) is 6.54 Å². The van der Waals surface area contributed by atoms with Crippen LogP contribution in [0.5, 0.6) is 0 Å². The number of hydrogen-bond donors (Lipinski definition) is 0. The summed E-state index contributed by atoms with van der Waals surface area (Å²) in [4.78, 5) is 26.3. The third-order valence-corrected chi connectivity index (χ3v) is 4.51. The molecule has 1 aliphatic heterocycles. The first-order chi connectivity index (χ1) is 9.28. The van der Waals surface area contributed by atoms with Crippen LogP contribution in [0.1, 0.15) is 44.0 Å². The highest BCUT2D eigenvalue weighted by molar-refractivity contribution is 9.11. The Kier molecular flexibility index (Phi) is 4.54. The topological polar surface area (TPSA) is 46.6 Å². The van der Waals surface area contributed by atoms with E-state index >= 15 is 0 Å². The van der Waals surface area contributed by atoms with Crippen LogP contribution in [0.3, 0.4) is 0 Å². The molecule has 1 aromatic heterocycles. The number of carbonyl (C=O) groups excluding carboxylic acids is 2. The number of rotatable bonds is 2. The molecule has 0 bridgehead atoms. The van der Waals surface area contributed by atoms with Crippen LogP contribution in [0.4, 0.5) is 0 Å². The number of amides is 1. The predicted molar refractivity (Wildman–Crippen MR) is 81.9 cm³/mol. The van der Waals surface area contributed by atoms with Crippen molar-refractivity contribution in [2.45, 2.75) is 45.3 Å². The Hall–Kier alpha value is -0.880. The van der Waals surface area contributed by atoms with Crippen molar-refractivity contribution >= 4 is 39.1 Å². The van der Waals surface area contributed by atoms with Crippen LogP contribution in [-0.4, -0.2) is 35.0 Å². The van der Waals surface area contributed by atoms with Gasteiger partial charge in [0.25, 0.3) is 5.91 Å². The summed E-state index contributed by atoms with van der Waals surface area (Å²) < 4.78 is 6.31. The number of likely N-dealkylation sites (tertiary alicyclic amines) is 1. The van der Waals surface area contributed by atoms with Crippen molar-refractivity contribution in [3.05, 3.63) is 20.8 Å². The molecule has 1 aliphatic rings. The van der Waals surface area contributed by atoms with Crippen molar-refractivity contribution in [3.63, 3.8) is 0 Å². The average molecular weight is 360 g/mol. The molecule has 110 valence electrons. The third kappa shape index (κ3) is 3.61. The lowest BCUT2D eigenvalue weighted by Crippen LogP contribution is -2.43. The van der Waals surface area contributed by atoms with E-state index in [4.69, 9.17) is 4.74 Å². The molecular formula is C14H18BrNO3S. The summed E-state index contributed by atoms with van der Waals surface area (Å²) in [5.74, 6) is -0.405. The molecule has 1 fully saturated rings. The van der Waals surface area contributed by atoms with E-state index in [1.807, 2.05) is 20.8 Å². The fourth-order valence-corrected chi connectivity index (χ4v) is 3.34. The molecule has 0 aliphatic carbocycles. The first-order valence-electron chi connectivity index (χ1n) is 6.56. The van der Waals surface area contributed by atoms with Gasteiger partial charge in [0.15, 0.2) is 0 Å². The molecular weight excluding hydrogens is 342 g/mol. The molecule has 2 rings (SSSR count). The second-order valence-corrected chi connectivity index (χ2v) is 8.12. The predicted octanol–water partition coefficient (Wildman–Crippen LogP) is 3.46. The van der Waals surface area contributed by atoms with Gasteiger partial charge in [0.1, 0.15) is 11.6 Å². The molecule has 0 spiro atoms. The normalized spacial score (nSPS) is 19.2. The number of halogens is 1. The van der Waals surface area contributed by atoms with Crippen LogP contribution in [0.25, 0.3) is 0 Å². The lowest BCUT2D eigenvalue weighted by Gasteiger charge is -2.27. The van der Waals surface area contributed by atoms with Gasteiger partial charge in [0.05, 0.1) is 9.35 Å². The summed E-state index contributed by atoms with van der Waals surface area (Å²) in [7, 11) is 0. The molecule has 4 nitrogen and oxygen atoms in total. The van der Waals surface area contributed by atoms with Crippen LogP contribution < -0.4 is 0 Å². The smallest absolute Gasteiger partial charge is 0.329 e. The SMILES string of the molecule is CC(C)(C)OC(=O)[C@@H]1CCCN1C(=O)c1csc(Br)c1. The van der Waals surface area contributed by atoms with Crippen LogP contribution in [-0.2, 0) is 9.53 Å². The quantitative estimate of drug-likeness (QED) is 0.759. The van der Waals surface area contributed by atoms with Gasteiger partial charge >= 0.3 is 5.97 Å². The van der Waals surface area contributed by atoms with E-state index in [-0.39, 0.29) is 11.9 Å². The van der Waals surface area contributed by atoms with E-state index in [1.54, 1.807) is 16.3 Å². The molecule has 0 unspecified atom stereocenters. The van der Waals surface area contributed by atoms with E-state index in [2.05, 4.69) is 15.9 Å². The van der Waals surface area contributed by atoms with Gasteiger partial charge in [-0.05, 0) is 55.6 Å². The minimum Gasteiger partial charge on any atom is -0.458 e. The maximum atomic E-state index is 12.4. The molecule has 20 heavy (non-hydrogen) atoms. The van der Waals surface area contributed by atoms with Gasteiger partial charge in [-0.25, -0.2) is 4.79 Å². The minimum atomic E-state index is -0.528. The highest BCUT2D eigenvalue weighted by Gasteiger charge is 2.37. The Morgan fingerprint density at radius 1 is 1.45 bits per heavy atom. The largest absolute Gasteiger partial charge is 0.458 e. The molecule has 0 saturated carbocycles. The molecule has 1 saturated heterocycles. The van der Waals surface area contributed by atoms with Crippen LogP contribution in [0, 0.1) is 0 Å². The van der Waals surface area contributed by atoms with Crippen LogP contribution >= 0.6 is 27.3 Å². The number of ether oxygens (including phenoxy) is 1. The number of carbonyl (C=O) groups is 2. The summed E-state index contributed by atoms with van der Waals surface area (Å²) >= 11 is 4.81. The highest BCUT2D eigenvalue weighted by atomic mass is 79.9. The standard InChI is InChI=1S/C14H18BrNO3S/c1-14(2,3)19-13(18)10-5-4-6-16(10)12(17)9-7-11(15)20-8-9/h7-8,10H,4-6H2,1-3H3/t10-/m0/s1. The van der Waals surface area contributed by atoms with Crippen molar-refractivity contribution in [3.8, 4) is 0 Å². The Labute approximate surface area is 131 Å². The van der Waals surface area contributed by atoms with Gasteiger partial charge < -0.3 is 9.64 Å². The van der Waals surface area contributed by atoms with Crippen molar-refractivity contribution < 1.29 is 14.3 Å².